The molecule has 0 atom stereocenters. The molecule has 3 rings (SSSR count). The Morgan fingerprint density at radius 2 is 1.93 bits per heavy atom. The molecule has 1 aliphatic carbocycles. The van der Waals surface area contributed by atoms with Crippen LogP contribution >= 0.6 is 11.6 Å². The first kappa shape index (κ1) is 18.9. The van der Waals surface area contributed by atoms with Gasteiger partial charge in [0.15, 0.2) is 0 Å². The van der Waals surface area contributed by atoms with Crippen LogP contribution in [0.5, 0.6) is 0 Å². The molecule has 1 fully saturated rings. The van der Waals surface area contributed by atoms with E-state index >= 15 is 0 Å². The molecule has 2 amide bonds. The third-order valence-corrected chi connectivity index (χ3v) is 4.72. The van der Waals surface area contributed by atoms with E-state index in [0.29, 0.717) is 34.4 Å². The van der Waals surface area contributed by atoms with Gasteiger partial charge >= 0.3 is 0 Å². The summed E-state index contributed by atoms with van der Waals surface area (Å²) < 4.78 is 0. The molecule has 6 nitrogen and oxygen atoms in total. The van der Waals surface area contributed by atoms with Crippen molar-refractivity contribution in [2.45, 2.75) is 25.4 Å². The van der Waals surface area contributed by atoms with Crippen LogP contribution in [0.3, 0.4) is 0 Å². The molecule has 0 unspecified atom stereocenters. The van der Waals surface area contributed by atoms with E-state index < -0.39 is 5.91 Å². The van der Waals surface area contributed by atoms with Crippen molar-refractivity contribution >= 4 is 29.1 Å². The van der Waals surface area contributed by atoms with Gasteiger partial charge in [0.25, 0.3) is 0 Å². The number of benzene rings is 2. The number of nitriles is 1. The van der Waals surface area contributed by atoms with Gasteiger partial charge in [0.05, 0.1) is 17.1 Å². The number of anilines is 1. The van der Waals surface area contributed by atoms with E-state index in [4.69, 9.17) is 22.6 Å². The van der Waals surface area contributed by atoms with E-state index in [-0.39, 0.29) is 12.5 Å². The number of primary amides is 1. The number of rotatable bonds is 7. The van der Waals surface area contributed by atoms with Crippen LogP contribution in [0, 0.1) is 11.3 Å². The van der Waals surface area contributed by atoms with Crippen LogP contribution in [-0.4, -0.2) is 29.3 Å². The van der Waals surface area contributed by atoms with E-state index in [1.54, 1.807) is 30.3 Å². The predicted molar refractivity (Wildman–Crippen MR) is 103 cm³/mol. The van der Waals surface area contributed by atoms with Crippen LogP contribution in [0.4, 0.5) is 5.69 Å². The summed E-state index contributed by atoms with van der Waals surface area (Å²) >= 11 is 6.00. The van der Waals surface area contributed by atoms with Gasteiger partial charge in [-0.15, -0.1) is 0 Å². The molecule has 1 aliphatic rings. The molecule has 2 aromatic rings. The molecule has 0 bridgehead atoms. The maximum Gasteiger partial charge on any atom is 0.248 e. The Morgan fingerprint density at radius 1 is 1.22 bits per heavy atom. The summed E-state index contributed by atoms with van der Waals surface area (Å²) in [6, 6.07) is 14.3. The first-order chi connectivity index (χ1) is 13.0. The highest BCUT2D eigenvalue weighted by Crippen LogP contribution is 2.28. The second-order valence-electron chi connectivity index (χ2n) is 6.55. The van der Waals surface area contributed by atoms with Crippen molar-refractivity contribution in [2.75, 3.05) is 11.9 Å². The monoisotopic (exact) mass is 382 g/mol. The summed E-state index contributed by atoms with van der Waals surface area (Å²) in [5, 5.41) is 12.0. The lowest BCUT2D eigenvalue weighted by atomic mass is 10.1. The second-order valence-corrected chi connectivity index (χ2v) is 6.96. The van der Waals surface area contributed by atoms with Gasteiger partial charge in [0.2, 0.25) is 11.8 Å². The van der Waals surface area contributed by atoms with Gasteiger partial charge in [-0.05, 0) is 48.7 Å². The van der Waals surface area contributed by atoms with Crippen molar-refractivity contribution in [1.82, 2.24) is 4.90 Å². The summed E-state index contributed by atoms with van der Waals surface area (Å²) in [5.74, 6) is -0.600. The highest BCUT2D eigenvalue weighted by atomic mass is 35.5. The maximum atomic E-state index is 12.4. The molecular formula is C20H19ClN4O2. The normalized spacial score (nSPS) is 13.2. The molecule has 7 heteroatoms. The Labute approximate surface area is 162 Å². The molecule has 1 saturated carbocycles. The van der Waals surface area contributed by atoms with Gasteiger partial charge in [-0.1, -0.05) is 23.7 Å². The zero-order valence-corrected chi connectivity index (χ0v) is 15.4. The van der Waals surface area contributed by atoms with E-state index in [2.05, 4.69) is 10.2 Å². The fourth-order valence-corrected chi connectivity index (χ4v) is 3.05. The van der Waals surface area contributed by atoms with Crippen molar-refractivity contribution in [1.29, 1.82) is 5.26 Å². The van der Waals surface area contributed by atoms with Crippen molar-refractivity contribution < 1.29 is 9.59 Å². The molecular weight excluding hydrogens is 364 g/mol. The molecule has 27 heavy (non-hydrogen) atoms. The number of hydrogen-bond donors (Lipinski definition) is 2. The number of nitrogens with two attached hydrogens (primary N) is 1. The van der Waals surface area contributed by atoms with E-state index in [1.807, 2.05) is 18.2 Å². The predicted octanol–water partition coefficient (Wildman–Crippen LogP) is 2.91. The van der Waals surface area contributed by atoms with Crippen LogP contribution in [0.15, 0.2) is 42.5 Å². The van der Waals surface area contributed by atoms with Gasteiger partial charge in [0, 0.05) is 23.8 Å². The number of nitrogens with zero attached hydrogens (tertiary/aromatic N) is 2. The van der Waals surface area contributed by atoms with Crippen LogP contribution in [0.25, 0.3) is 0 Å². The first-order valence-corrected chi connectivity index (χ1v) is 8.96. The summed E-state index contributed by atoms with van der Waals surface area (Å²) in [4.78, 5) is 25.7. The number of carbonyl (C=O) groups excluding carboxylic acids is 2. The third-order valence-electron chi connectivity index (χ3n) is 4.41. The smallest absolute Gasteiger partial charge is 0.248 e. The fourth-order valence-electron chi connectivity index (χ4n) is 2.83. The Balaban J connectivity index is 1.62. The molecule has 0 spiro atoms. The number of carbonyl (C=O) groups is 2. The lowest BCUT2D eigenvalue weighted by Crippen LogP contribution is -2.34. The molecule has 0 aromatic heterocycles. The van der Waals surface area contributed by atoms with E-state index in [1.165, 1.54) is 0 Å². The molecule has 2 aromatic carbocycles. The van der Waals surface area contributed by atoms with Crippen molar-refractivity contribution in [3.05, 3.63) is 64.2 Å². The number of hydrogen-bond acceptors (Lipinski definition) is 4. The van der Waals surface area contributed by atoms with Gasteiger partial charge < -0.3 is 11.1 Å². The Hall–Kier alpha value is -2.88. The molecule has 0 radical (unpaired) electrons. The number of halogens is 1. The van der Waals surface area contributed by atoms with E-state index in [0.717, 1.165) is 18.4 Å². The van der Waals surface area contributed by atoms with Crippen molar-refractivity contribution in [3.63, 3.8) is 0 Å². The Bertz CT molecular complexity index is 901. The zero-order chi connectivity index (χ0) is 19.4. The van der Waals surface area contributed by atoms with Crippen LogP contribution in [-0.2, 0) is 11.3 Å². The SMILES string of the molecule is N#Cc1ccc(NC(=O)CN(Cc2ccc(C(N)=O)cc2)C2CC2)cc1Cl. The van der Waals surface area contributed by atoms with Crippen LogP contribution in [0.1, 0.15) is 34.3 Å². The molecule has 138 valence electrons. The highest BCUT2D eigenvalue weighted by Gasteiger charge is 2.30. The highest BCUT2D eigenvalue weighted by molar-refractivity contribution is 6.32. The van der Waals surface area contributed by atoms with Crippen LogP contribution < -0.4 is 11.1 Å². The second kappa shape index (κ2) is 8.21. The minimum Gasteiger partial charge on any atom is -0.366 e. The van der Waals surface area contributed by atoms with Crippen molar-refractivity contribution in [3.8, 4) is 6.07 Å². The summed E-state index contributed by atoms with van der Waals surface area (Å²) in [6.45, 7) is 0.866. The maximum absolute atomic E-state index is 12.4. The van der Waals surface area contributed by atoms with Gasteiger partial charge in [-0.2, -0.15) is 5.26 Å². The standard InChI is InChI=1S/C20H19ClN4O2/c21-18-9-16(6-5-15(18)10-22)24-19(26)12-25(17-7-8-17)11-13-1-3-14(4-2-13)20(23)27/h1-6,9,17H,7-8,11-12H2,(H2,23,27)(H,24,26). The van der Waals surface area contributed by atoms with Gasteiger partial charge in [-0.25, -0.2) is 0 Å². The van der Waals surface area contributed by atoms with Crippen LogP contribution in [0.2, 0.25) is 5.02 Å². The molecule has 3 N–H and O–H groups in total. The minimum atomic E-state index is -0.457. The average Bonchev–Trinajstić information content (AvgIpc) is 3.47. The fraction of sp³-hybridized carbons (Fsp3) is 0.250. The lowest BCUT2D eigenvalue weighted by molar-refractivity contribution is -0.117. The summed E-state index contributed by atoms with van der Waals surface area (Å²) in [5.41, 5.74) is 7.67. The molecule has 0 saturated heterocycles. The average molecular weight is 383 g/mol. The third kappa shape index (κ3) is 5.07. The zero-order valence-electron chi connectivity index (χ0n) is 14.6. The van der Waals surface area contributed by atoms with Crippen molar-refractivity contribution in [2.24, 2.45) is 5.73 Å². The van der Waals surface area contributed by atoms with Gasteiger partial charge in [-0.3, -0.25) is 14.5 Å². The largest absolute Gasteiger partial charge is 0.366 e. The van der Waals surface area contributed by atoms with Gasteiger partial charge in [0.1, 0.15) is 6.07 Å². The summed E-state index contributed by atoms with van der Waals surface area (Å²) in [7, 11) is 0. The number of nitrogens with one attached hydrogen (secondary N) is 1. The quantitative estimate of drug-likeness (QED) is 0.768. The lowest BCUT2D eigenvalue weighted by Gasteiger charge is -2.21. The minimum absolute atomic E-state index is 0.142. The molecule has 0 heterocycles. The van der Waals surface area contributed by atoms with E-state index in [9.17, 15) is 9.59 Å². The first-order valence-electron chi connectivity index (χ1n) is 8.58. The Kier molecular flexibility index (Phi) is 5.75. The summed E-state index contributed by atoms with van der Waals surface area (Å²) in [6.07, 6.45) is 2.13. The Morgan fingerprint density at radius 3 is 2.48 bits per heavy atom. The molecule has 0 aliphatic heterocycles. The topological polar surface area (TPSA) is 99.2 Å². The number of amides is 2.